The van der Waals surface area contributed by atoms with E-state index < -0.39 is 109 Å². The highest BCUT2D eigenvalue weighted by Crippen LogP contribution is 2.68. The molecule has 2 N–H and O–H groups in total. The summed E-state index contributed by atoms with van der Waals surface area (Å²) in [6.07, 6.45) is -11.9. The van der Waals surface area contributed by atoms with E-state index in [-0.39, 0.29) is 12.1 Å². The molecule has 2 aromatic rings. The topological polar surface area (TPSA) is 121 Å². The van der Waals surface area contributed by atoms with E-state index in [4.69, 9.17) is 9.81 Å². The van der Waals surface area contributed by atoms with Crippen molar-refractivity contribution in [2.45, 2.75) is 59.9 Å². The van der Waals surface area contributed by atoms with E-state index in [2.05, 4.69) is 23.6 Å². The van der Waals surface area contributed by atoms with E-state index in [1.54, 1.807) is 0 Å². The van der Waals surface area contributed by atoms with Crippen LogP contribution in [0.2, 0.25) is 0 Å². The highest BCUT2D eigenvalue weighted by atomic mass is 32.2. The molecule has 2 aromatic carbocycles. The van der Waals surface area contributed by atoms with Gasteiger partial charge < -0.3 is 14.2 Å². The van der Waals surface area contributed by atoms with E-state index >= 15 is 4.39 Å². The lowest BCUT2D eigenvalue weighted by atomic mass is 9.69. The molecule has 0 radical (unpaired) electrons. The van der Waals surface area contributed by atoms with E-state index in [9.17, 15) is 65.5 Å². The molecule has 266 valence electrons. The second kappa shape index (κ2) is 11.6. The van der Waals surface area contributed by atoms with Gasteiger partial charge in [-0.25, -0.2) is 9.65 Å². The summed E-state index contributed by atoms with van der Waals surface area (Å²) < 4.78 is 242. The fourth-order valence-corrected chi connectivity index (χ4v) is 4.23. The van der Waals surface area contributed by atoms with Crippen LogP contribution in [0.5, 0.6) is 17.2 Å². The number of rotatable bonds is 13. The van der Waals surface area contributed by atoms with Crippen molar-refractivity contribution in [3.63, 3.8) is 0 Å². The standard InChI is InChI=1S/C22H14F14O9S2/c1-9-3-4-10(7-13(9)42-20(31,32)22(35,36)47(38,39)40)11-5-6-12(41-18(28)15(2,23)16(24,25)17(18,26)27)14(8-11)43-19(29,30)21(33,34)46-45-44-37/h3-8,37H,1-2H3,(H,38,39,40). The third-order valence-electron chi connectivity index (χ3n) is 6.35. The Balaban J connectivity index is 2.16. The summed E-state index contributed by atoms with van der Waals surface area (Å²) in [6.45, 7) is 0.494. The maximum atomic E-state index is 15.0. The summed E-state index contributed by atoms with van der Waals surface area (Å²) in [7, 11) is -6.80. The van der Waals surface area contributed by atoms with Crippen LogP contribution in [0, 0.1) is 6.92 Å². The van der Waals surface area contributed by atoms with Gasteiger partial charge in [-0.3, -0.25) is 4.55 Å². The predicted octanol–water partition coefficient (Wildman–Crippen LogP) is 7.81. The highest BCUT2D eigenvalue weighted by Gasteiger charge is 2.99. The molecule has 3 rings (SSSR count). The van der Waals surface area contributed by atoms with Crippen molar-refractivity contribution in [1.82, 2.24) is 0 Å². The first kappa shape index (κ1) is 38.4. The van der Waals surface area contributed by atoms with Crippen LogP contribution in [0.1, 0.15) is 12.5 Å². The molecule has 0 aromatic heterocycles. The third kappa shape index (κ3) is 5.97. The van der Waals surface area contributed by atoms with E-state index in [1.165, 1.54) is 0 Å². The monoisotopic (exact) mass is 752 g/mol. The maximum Gasteiger partial charge on any atom is 0.483 e. The summed E-state index contributed by atoms with van der Waals surface area (Å²) >= 11 is -1.63. The van der Waals surface area contributed by atoms with Crippen LogP contribution in [0.3, 0.4) is 0 Å². The van der Waals surface area contributed by atoms with Gasteiger partial charge in [-0.1, -0.05) is 23.2 Å². The van der Waals surface area contributed by atoms with Gasteiger partial charge >= 0.3 is 50.5 Å². The average molecular weight is 752 g/mol. The van der Waals surface area contributed by atoms with Crippen LogP contribution in [-0.2, 0) is 19.5 Å². The third-order valence-corrected chi connectivity index (χ3v) is 7.82. The second-order valence-electron chi connectivity index (χ2n) is 9.46. The molecule has 1 aliphatic rings. The van der Waals surface area contributed by atoms with Crippen molar-refractivity contribution in [1.29, 1.82) is 0 Å². The molecule has 0 spiro atoms. The molecule has 1 fully saturated rings. The lowest BCUT2D eigenvalue weighted by molar-refractivity contribution is -0.480. The van der Waals surface area contributed by atoms with Gasteiger partial charge in [0.25, 0.3) is 5.67 Å². The van der Waals surface area contributed by atoms with E-state index in [0.717, 1.165) is 19.1 Å². The molecule has 0 saturated heterocycles. The van der Waals surface area contributed by atoms with Gasteiger partial charge in [0.15, 0.2) is 11.5 Å². The Labute approximate surface area is 256 Å². The molecule has 25 heteroatoms. The highest BCUT2D eigenvalue weighted by molar-refractivity contribution is 7.95. The van der Waals surface area contributed by atoms with Crippen molar-refractivity contribution in [3.8, 4) is 28.4 Å². The Hall–Kier alpha value is -3.00. The molecule has 0 bridgehead atoms. The first-order valence-corrected chi connectivity index (χ1v) is 13.7. The Morgan fingerprint density at radius 1 is 0.745 bits per heavy atom. The van der Waals surface area contributed by atoms with Gasteiger partial charge in [0.2, 0.25) is 0 Å². The minimum absolute atomic E-state index is 0.0562. The largest absolute Gasteiger partial charge is 0.483 e. The van der Waals surface area contributed by atoms with Crippen LogP contribution >= 0.6 is 12.0 Å². The fraction of sp³-hybridized carbons (Fsp3) is 0.455. The average Bonchev–Trinajstić information content (AvgIpc) is 2.92. The molecule has 1 aliphatic carbocycles. The quantitative estimate of drug-likeness (QED) is 0.0690. The SMILES string of the molecule is Cc1ccc(-c2ccc(OC3(F)C(C)(F)C(F)(F)C3(F)F)c(OC(F)(F)C(F)(F)SOOO)c2)cc1OC(F)(F)C(F)(F)S(=O)(=O)O. The summed E-state index contributed by atoms with van der Waals surface area (Å²) in [5, 5.41) is -1.18. The normalized spacial score (nSPS) is 23.2. The number of halogens is 14. The van der Waals surface area contributed by atoms with Crippen molar-refractivity contribution in [2.24, 2.45) is 0 Å². The van der Waals surface area contributed by atoms with Crippen molar-refractivity contribution in [2.75, 3.05) is 0 Å². The van der Waals surface area contributed by atoms with Crippen molar-refractivity contribution < 1.29 is 103 Å². The van der Waals surface area contributed by atoms with Crippen LogP contribution in [0.4, 0.5) is 61.5 Å². The summed E-state index contributed by atoms with van der Waals surface area (Å²) in [5.41, 5.74) is -6.75. The summed E-state index contributed by atoms with van der Waals surface area (Å²) in [4.78, 5) is 0. The predicted molar refractivity (Wildman–Crippen MR) is 125 cm³/mol. The molecule has 2 atom stereocenters. The van der Waals surface area contributed by atoms with Crippen molar-refractivity contribution in [3.05, 3.63) is 42.0 Å². The Kier molecular flexibility index (Phi) is 9.46. The number of benzene rings is 2. The molecule has 2 unspecified atom stereocenters. The van der Waals surface area contributed by atoms with Crippen LogP contribution in [0.15, 0.2) is 36.4 Å². The Morgan fingerprint density at radius 3 is 1.72 bits per heavy atom. The molecule has 0 amide bonds. The first-order chi connectivity index (χ1) is 20.9. The van der Waals surface area contributed by atoms with Gasteiger partial charge in [-0.05, 0) is 48.7 Å². The minimum Gasteiger partial charge on any atom is -0.446 e. The smallest absolute Gasteiger partial charge is 0.446 e. The summed E-state index contributed by atoms with van der Waals surface area (Å²) in [5.74, 6) is -22.3. The van der Waals surface area contributed by atoms with Gasteiger partial charge in [-0.15, -0.1) is 4.33 Å². The first-order valence-electron chi connectivity index (χ1n) is 11.5. The zero-order valence-electron chi connectivity index (χ0n) is 22.3. The zero-order chi connectivity index (χ0) is 36.4. The molecule has 1 saturated carbocycles. The fourth-order valence-electron chi connectivity index (χ4n) is 3.64. The number of ether oxygens (including phenoxy) is 3. The van der Waals surface area contributed by atoms with Crippen molar-refractivity contribution >= 4 is 22.2 Å². The Bertz CT molecular complexity index is 1600. The van der Waals surface area contributed by atoms with Crippen LogP contribution in [-0.4, -0.2) is 64.3 Å². The van der Waals surface area contributed by atoms with E-state index in [1.807, 2.05) is 0 Å². The van der Waals surface area contributed by atoms with Gasteiger partial charge in [0.05, 0.1) is 0 Å². The molecular formula is C22H14F14O9S2. The molecule has 0 aliphatic heterocycles. The number of aryl methyl sites for hydroxylation is 1. The van der Waals surface area contributed by atoms with Gasteiger partial charge in [0, 0.05) is 0 Å². The number of hydrogen-bond donors (Lipinski definition) is 2. The minimum atomic E-state index is -6.80. The van der Waals surface area contributed by atoms with Crippen LogP contribution in [0.25, 0.3) is 11.1 Å². The number of hydrogen-bond acceptors (Lipinski definition) is 9. The zero-order valence-corrected chi connectivity index (χ0v) is 24.0. The second-order valence-corrected chi connectivity index (χ2v) is 11.7. The molecule has 9 nitrogen and oxygen atoms in total. The summed E-state index contributed by atoms with van der Waals surface area (Å²) in [6, 6.07) is 2.58. The Morgan fingerprint density at radius 2 is 1.23 bits per heavy atom. The lowest BCUT2D eigenvalue weighted by Crippen LogP contribution is -2.86. The van der Waals surface area contributed by atoms with Gasteiger partial charge in [-0.2, -0.15) is 65.5 Å². The van der Waals surface area contributed by atoms with E-state index in [0.29, 0.717) is 12.1 Å². The molecule has 0 heterocycles. The lowest BCUT2D eigenvalue weighted by Gasteiger charge is -2.55. The molecular weight excluding hydrogens is 738 g/mol. The van der Waals surface area contributed by atoms with Crippen LogP contribution < -0.4 is 14.2 Å². The maximum absolute atomic E-state index is 15.0. The van der Waals surface area contributed by atoms with Gasteiger partial charge in [0.1, 0.15) is 17.8 Å². The molecule has 47 heavy (non-hydrogen) atoms. The number of alkyl halides is 14.